The quantitative estimate of drug-likeness (QED) is 0.641. The first-order valence-corrected chi connectivity index (χ1v) is 6.70. The van der Waals surface area contributed by atoms with Gasteiger partial charge >= 0.3 is 0 Å². The van der Waals surface area contributed by atoms with E-state index in [0.29, 0.717) is 5.69 Å². The summed E-state index contributed by atoms with van der Waals surface area (Å²) in [6.45, 7) is 1.81. The molecule has 7 heteroatoms. The molecule has 0 spiro atoms. The molecule has 0 unspecified atom stereocenters. The summed E-state index contributed by atoms with van der Waals surface area (Å²) in [6.07, 6.45) is 1.56. The maximum atomic E-state index is 12.2. The lowest BCUT2D eigenvalue weighted by molar-refractivity contribution is 0.102. The highest BCUT2D eigenvalue weighted by Crippen LogP contribution is 2.30. The molecule has 0 aliphatic rings. The van der Waals surface area contributed by atoms with Crippen LogP contribution in [0.15, 0.2) is 24.4 Å². The van der Waals surface area contributed by atoms with Crippen molar-refractivity contribution in [1.29, 1.82) is 0 Å². The van der Waals surface area contributed by atoms with E-state index < -0.39 is 5.91 Å². The summed E-state index contributed by atoms with van der Waals surface area (Å²) in [5.74, 6) is -0.396. The first-order chi connectivity index (χ1) is 9.40. The van der Waals surface area contributed by atoms with Crippen LogP contribution in [0.2, 0.25) is 15.2 Å². The lowest BCUT2D eigenvalue weighted by Crippen LogP contribution is -2.14. The standard InChI is InChI=1S/C13H10Cl3N3O/c1-6-2-3-18-12(16)11(6)19-13(20)7-4-8(14)10(17)9(15)5-7/h2-5H,17H2,1H3,(H,19,20). The lowest BCUT2D eigenvalue weighted by atomic mass is 10.1. The summed E-state index contributed by atoms with van der Waals surface area (Å²) in [5, 5.41) is 3.33. The van der Waals surface area contributed by atoms with E-state index in [2.05, 4.69) is 10.3 Å². The van der Waals surface area contributed by atoms with Gasteiger partial charge in [0.05, 0.1) is 21.4 Å². The molecule has 1 heterocycles. The molecular formula is C13H10Cl3N3O. The lowest BCUT2D eigenvalue weighted by Gasteiger charge is -2.10. The third-order valence-corrected chi connectivity index (χ3v) is 3.60. The number of hydrogen-bond donors (Lipinski definition) is 2. The number of anilines is 2. The number of nitrogens with one attached hydrogen (secondary N) is 1. The normalized spacial score (nSPS) is 10.4. The average molecular weight is 331 g/mol. The van der Waals surface area contributed by atoms with Crippen LogP contribution in [-0.2, 0) is 0 Å². The molecule has 0 radical (unpaired) electrons. The second kappa shape index (κ2) is 5.87. The zero-order valence-electron chi connectivity index (χ0n) is 10.4. The first-order valence-electron chi connectivity index (χ1n) is 5.57. The fraction of sp³-hybridized carbons (Fsp3) is 0.0769. The third kappa shape index (κ3) is 2.98. The van der Waals surface area contributed by atoms with Crippen LogP contribution >= 0.6 is 34.8 Å². The van der Waals surface area contributed by atoms with E-state index in [4.69, 9.17) is 40.5 Å². The highest BCUT2D eigenvalue weighted by molar-refractivity contribution is 6.39. The Hall–Kier alpha value is -1.49. The largest absolute Gasteiger partial charge is 0.396 e. The van der Waals surface area contributed by atoms with Gasteiger partial charge in [0.2, 0.25) is 0 Å². The summed E-state index contributed by atoms with van der Waals surface area (Å²) in [5.41, 5.74) is 7.39. The van der Waals surface area contributed by atoms with Crippen molar-refractivity contribution >= 4 is 52.1 Å². The summed E-state index contributed by atoms with van der Waals surface area (Å²) >= 11 is 17.8. The van der Waals surface area contributed by atoms with Crippen LogP contribution < -0.4 is 11.1 Å². The van der Waals surface area contributed by atoms with Crippen molar-refractivity contribution in [2.45, 2.75) is 6.92 Å². The van der Waals surface area contributed by atoms with E-state index in [0.717, 1.165) is 5.56 Å². The van der Waals surface area contributed by atoms with Gasteiger partial charge in [-0.3, -0.25) is 4.79 Å². The Bertz CT molecular complexity index is 645. The number of rotatable bonds is 2. The number of halogens is 3. The minimum Gasteiger partial charge on any atom is -0.396 e. The van der Waals surface area contributed by atoms with E-state index in [1.54, 1.807) is 12.3 Å². The molecule has 0 aliphatic heterocycles. The van der Waals surface area contributed by atoms with Crippen LogP contribution in [0.5, 0.6) is 0 Å². The number of aromatic nitrogens is 1. The van der Waals surface area contributed by atoms with Gasteiger partial charge in [-0.25, -0.2) is 4.98 Å². The van der Waals surface area contributed by atoms with Crippen molar-refractivity contribution in [3.05, 3.63) is 50.7 Å². The van der Waals surface area contributed by atoms with E-state index in [1.165, 1.54) is 12.1 Å². The number of aryl methyl sites for hydroxylation is 1. The van der Waals surface area contributed by atoms with E-state index >= 15 is 0 Å². The number of pyridine rings is 1. The molecule has 104 valence electrons. The number of carbonyl (C=O) groups is 1. The van der Waals surface area contributed by atoms with Crippen LogP contribution in [0, 0.1) is 6.92 Å². The Morgan fingerprint density at radius 1 is 1.25 bits per heavy atom. The number of hydrogen-bond acceptors (Lipinski definition) is 3. The number of amides is 1. The van der Waals surface area contributed by atoms with Crippen LogP contribution in [0.1, 0.15) is 15.9 Å². The molecular weight excluding hydrogens is 321 g/mol. The summed E-state index contributed by atoms with van der Waals surface area (Å²) in [7, 11) is 0. The zero-order valence-corrected chi connectivity index (χ0v) is 12.6. The molecule has 0 saturated carbocycles. The fourth-order valence-corrected chi connectivity index (χ4v) is 2.32. The van der Waals surface area contributed by atoms with Gasteiger partial charge < -0.3 is 11.1 Å². The van der Waals surface area contributed by atoms with Gasteiger partial charge in [0.15, 0.2) is 5.15 Å². The minimum absolute atomic E-state index is 0.214. The molecule has 0 saturated heterocycles. The zero-order chi connectivity index (χ0) is 14.9. The van der Waals surface area contributed by atoms with Gasteiger partial charge in [-0.1, -0.05) is 34.8 Å². The highest BCUT2D eigenvalue weighted by Gasteiger charge is 2.14. The molecule has 20 heavy (non-hydrogen) atoms. The van der Waals surface area contributed by atoms with Gasteiger partial charge in [-0.2, -0.15) is 0 Å². The minimum atomic E-state index is -0.396. The fourth-order valence-electron chi connectivity index (χ4n) is 1.58. The Kier molecular flexibility index (Phi) is 4.38. The number of carbonyl (C=O) groups excluding carboxylic acids is 1. The van der Waals surface area contributed by atoms with Crippen LogP contribution in [0.25, 0.3) is 0 Å². The maximum Gasteiger partial charge on any atom is 0.255 e. The molecule has 0 atom stereocenters. The average Bonchev–Trinajstić information content (AvgIpc) is 2.39. The predicted molar refractivity (Wildman–Crippen MR) is 82.8 cm³/mol. The van der Waals surface area contributed by atoms with Crippen molar-refractivity contribution < 1.29 is 4.79 Å². The van der Waals surface area contributed by atoms with E-state index in [1.807, 2.05) is 6.92 Å². The number of benzene rings is 1. The second-order valence-electron chi connectivity index (χ2n) is 4.10. The molecule has 3 N–H and O–H groups in total. The SMILES string of the molecule is Cc1ccnc(Cl)c1NC(=O)c1cc(Cl)c(N)c(Cl)c1. The van der Waals surface area contributed by atoms with Crippen molar-refractivity contribution in [2.75, 3.05) is 11.1 Å². The van der Waals surface area contributed by atoms with Crippen molar-refractivity contribution in [2.24, 2.45) is 0 Å². The van der Waals surface area contributed by atoms with Gasteiger partial charge in [0, 0.05) is 11.8 Å². The molecule has 0 fully saturated rings. The van der Waals surface area contributed by atoms with Crippen molar-refractivity contribution in [3.8, 4) is 0 Å². The Morgan fingerprint density at radius 3 is 2.40 bits per heavy atom. The highest BCUT2D eigenvalue weighted by atomic mass is 35.5. The smallest absolute Gasteiger partial charge is 0.255 e. The van der Waals surface area contributed by atoms with Crippen molar-refractivity contribution in [3.63, 3.8) is 0 Å². The van der Waals surface area contributed by atoms with Crippen LogP contribution in [0.4, 0.5) is 11.4 Å². The van der Waals surface area contributed by atoms with E-state index in [-0.39, 0.29) is 26.4 Å². The molecule has 0 aliphatic carbocycles. The summed E-state index contributed by atoms with van der Waals surface area (Å²) < 4.78 is 0. The van der Waals surface area contributed by atoms with Crippen LogP contribution in [0.3, 0.4) is 0 Å². The first kappa shape index (κ1) is 14.9. The second-order valence-corrected chi connectivity index (χ2v) is 5.27. The monoisotopic (exact) mass is 329 g/mol. The molecule has 0 bridgehead atoms. The van der Waals surface area contributed by atoms with Gasteiger partial charge in [0.1, 0.15) is 0 Å². The maximum absolute atomic E-state index is 12.2. The molecule has 2 rings (SSSR count). The van der Waals surface area contributed by atoms with Crippen LogP contribution in [-0.4, -0.2) is 10.9 Å². The number of nitrogens with zero attached hydrogens (tertiary/aromatic N) is 1. The predicted octanol–water partition coefficient (Wildman–Crippen LogP) is 4.18. The molecule has 4 nitrogen and oxygen atoms in total. The van der Waals surface area contributed by atoms with Gasteiger partial charge in [-0.15, -0.1) is 0 Å². The molecule has 1 aromatic carbocycles. The molecule has 1 amide bonds. The summed E-state index contributed by atoms with van der Waals surface area (Å²) in [4.78, 5) is 16.1. The topological polar surface area (TPSA) is 68.0 Å². The van der Waals surface area contributed by atoms with Gasteiger partial charge in [0.25, 0.3) is 5.91 Å². The number of nitrogens with two attached hydrogens (primary N) is 1. The Morgan fingerprint density at radius 2 is 1.85 bits per heavy atom. The molecule has 2 aromatic rings. The van der Waals surface area contributed by atoms with E-state index in [9.17, 15) is 4.79 Å². The van der Waals surface area contributed by atoms with Crippen molar-refractivity contribution in [1.82, 2.24) is 4.98 Å². The van der Waals surface area contributed by atoms with Gasteiger partial charge in [-0.05, 0) is 30.7 Å². The third-order valence-electron chi connectivity index (χ3n) is 2.69. The Labute approximate surface area is 130 Å². The number of nitrogen functional groups attached to an aromatic ring is 1. The summed E-state index contributed by atoms with van der Waals surface area (Å²) in [6, 6.07) is 4.62. The molecule has 1 aromatic heterocycles. The Balaban J connectivity index is 2.34.